The Morgan fingerprint density at radius 2 is 2.42 bits per heavy atom. The second kappa shape index (κ2) is 2.67. The van der Waals surface area contributed by atoms with Crippen LogP contribution in [-0.4, -0.2) is 20.9 Å². The smallest absolute Gasteiger partial charge is 0.237 e. The van der Waals surface area contributed by atoms with Crippen LogP contribution < -0.4 is 5.32 Å². The third kappa shape index (κ3) is 1.12. The van der Waals surface area contributed by atoms with Crippen molar-refractivity contribution in [2.75, 3.05) is 11.1 Å². The lowest BCUT2D eigenvalue weighted by Crippen LogP contribution is -2.25. The van der Waals surface area contributed by atoms with Crippen molar-refractivity contribution in [3.8, 4) is 0 Å². The Morgan fingerprint density at radius 3 is 3.25 bits per heavy atom. The Balaban J connectivity index is 2.54. The van der Waals surface area contributed by atoms with Gasteiger partial charge in [0.25, 0.3) is 0 Å². The molecule has 0 saturated carbocycles. The molecule has 0 saturated heterocycles. The molecule has 0 fully saturated rings. The Hall–Kier alpha value is -1.23. The molecule has 0 aromatic carbocycles. The third-order valence-corrected chi connectivity index (χ3v) is 2.93. The van der Waals surface area contributed by atoms with Gasteiger partial charge in [0.15, 0.2) is 0 Å². The van der Waals surface area contributed by atoms with Crippen molar-refractivity contribution in [3.05, 3.63) is 18.5 Å². The topological polar surface area (TPSA) is 59.1 Å². The maximum atomic E-state index is 11.3. The molecular weight excluding hydrogens is 176 g/mol. The van der Waals surface area contributed by atoms with Crippen LogP contribution in [0.25, 0.3) is 0 Å². The highest BCUT2D eigenvalue weighted by molar-refractivity contribution is 7.86. The largest absolute Gasteiger partial charge is 0.323 e. The number of hydrogen-bond donors (Lipinski definition) is 1. The summed E-state index contributed by atoms with van der Waals surface area (Å²) >= 11 is 0. The summed E-state index contributed by atoms with van der Waals surface area (Å²) in [5, 5.41) is 2.60. The highest BCUT2D eigenvalue weighted by Gasteiger charge is 2.20. The number of hydrogen-bond acceptors (Lipinski definition) is 3. The van der Waals surface area contributed by atoms with Crippen LogP contribution in [0.15, 0.2) is 23.4 Å². The zero-order valence-corrected chi connectivity index (χ0v) is 6.93. The minimum Gasteiger partial charge on any atom is -0.323 e. The van der Waals surface area contributed by atoms with Crippen LogP contribution >= 0.6 is 0 Å². The summed E-state index contributed by atoms with van der Waals surface area (Å²) in [6, 6.07) is 1.66. The first-order valence-electron chi connectivity index (χ1n) is 3.39. The number of carbonyl (C=O) groups excluding carboxylic acids is 1. The zero-order chi connectivity index (χ0) is 8.55. The van der Waals surface area contributed by atoms with E-state index in [0.29, 0.717) is 10.6 Å². The molecule has 1 amide bonds. The van der Waals surface area contributed by atoms with Crippen molar-refractivity contribution < 1.29 is 9.00 Å². The van der Waals surface area contributed by atoms with Gasteiger partial charge in [0.05, 0.1) is 27.6 Å². The monoisotopic (exact) mass is 182 g/mol. The van der Waals surface area contributed by atoms with Gasteiger partial charge in [0.1, 0.15) is 5.75 Å². The van der Waals surface area contributed by atoms with Gasteiger partial charge in [-0.25, -0.2) is 0 Å². The van der Waals surface area contributed by atoms with Crippen LogP contribution in [0.2, 0.25) is 0 Å². The highest BCUT2D eigenvalue weighted by atomic mass is 32.2. The van der Waals surface area contributed by atoms with E-state index in [1.807, 2.05) is 0 Å². The summed E-state index contributed by atoms with van der Waals surface area (Å²) in [4.78, 5) is 15.4. The lowest BCUT2D eigenvalue weighted by Gasteiger charge is -2.14. The van der Waals surface area contributed by atoms with Crippen molar-refractivity contribution in [1.82, 2.24) is 4.98 Å². The minimum absolute atomic E-state index is 0.0526. The lowest BCUT2D eigenvalue weighted by molar-refractivity contribution is -0.113. The van der Waals surface area contributed by atoms with Crippen LogP contribution in [0.5, 0.6) is 0 Å². The van der Waals surface area contributed by atoms with Gasteiger partial charge in [-0.15, -0.1) is 0 Å². The number of carbonyl (C=O) groups is 1. The average Bonchev–Trinajstić information content (AvgIpc) is 2.04. The van der Waals surface area contributed by atoms with E-state index < -0.39 is 10.8 Å². The van der Waals surface area contributed by atoms with Gasteiger partial charge in [-0.1, -0.05) is 0 Å². The maximum Gasteiger partial charge on any atom is 0.237 e. The molecule has 0 spiro atoms. The summed E-state index contributed by atoms with van der Waals surface area (Å²) < 4.78 is 11.3. The molecule has 62 valence electrons. The molecule has 1 atom stereocenters. The normalized spacial score (nSPS) is 21.3. The molecule has 1 aliphatic rings. The SMILES string of the molecule is O=C1CS(=O)c2ccncc2N1. The van der Waals surface area contributed by atoms with Crippen molar-refractivity contribution in [2.24, 2.45) is 0 Å². The molecule has 1 N–H and O–H groups in total. The van der Waals surface area contributed by atoms with E-state index in [2.05, 4.69) is 10.3 Å². The summed E-state index contributed by atoms with van der Waals surface area (Å²) in [7, 11) is -1.20. The van der Waals surface area contributed by atoms with Gasteiger partial charge in [-0.2, -0.15) is 0 Å². The number of nitrogens with one attached hydrogen (secondary N) is 1. The fourth-order valence-corrected chi connectivity index (χ4v) is 2.08. The molecule has 12 heavy (non-hydrogen) atoms. The molecular formula is C7H6N2O2S. The Morgan fingerprint density at radius 1 is 1.58 bits per heavy atom. The molecule has 5 heteroatoms. The molecule has 0 radical (unpaired) electrons. The predicted octanol–water partition coefficient (Wildman–Crippen LogP) is 0.141. The number of aromatic nitrogens is 1. The first-order valence-corrected chi connectivity index (χ1v) is 4.71. The highest BCUT2D eigenvalue weighted by Crippen LogP contribution is 2.21. The minimum atomic E-state index is -1.20. The van der Waals surface area contributed by atoms with Gasteiger partial charge >= 0.3 is 0 Å². The number of nitrogens with zero attached hydrogens (tertiary/aromatic N) is 1. The predicted molar refractivity (Wildman–Crippen MR) is 44.1 cm³/mol. The number of fused-ring (bicyclic) bond motifs is 1. The number of anilines is 1. The zero-order valence-electron chi connectivity index (χ0n) is 6.11. The second-order valence-corrected chi connectivity index (χ2v) is 3.83. The fraction of sp³-hybridized carbons (Fsp3) is 0.143. The van der Waals surface area contributed by atoms with E-state index in [4.69, 9.17) is 0 Å². The van der Waals surface area contributed by atoms with Gasteiger partial charge in [-0.05, 0) is 6.07 Å². The maximum absolute atomic E-state index is 11.3. The van der Waals surface area contributed by atoms with Crippen molar-refractivity contribution in [3.63, 3.8) is 0 Å². The van der Waals surface area contributed by atoms with Crippen LogP contribution in [0.4, 0.5) is 5.69 Å². The molecule has 1 aliphatic heterocycles. The van der Waals surface area contributed by atoms with Gasteiger partial charge < -0.3 is 5.32 Å². The molecule has 2 rings (SSSR count). The van der Waals surface area contributed by atoms with Crippen LogP contribution in [0.3, 0.4) is 0 Å². The van der Waals surface area contributed by atoms with E-state index in [0.717, 1.165) is 0 Å². The standard InChI is InChI=1S/C7H6N2O2S/c10-7-4-12(11)6-1-2-8-3-5(6)9-7/h1-3H,4H2,(H,9,10). The molecule has 0 aliphatic carbocycles. The number of amides is 1. The third-order valence-electron chi connectivity index (χ3n) is 1.56. The van der Waals surface area contributed by atoms with Crippen LogP contribution in [-0.2, 0) is 15.6 Å². The Labute approximate surface area is 71.5 Å². The summed E-state index contributed by atoms with van der Waals surface area (Å²) in [6.45, 7) is 0. The van der Waals surface area contributed by atoms with E-state index in [9.17, 15) is 9.00 Å². The quantitative estimate of drug-likeness (QED) is 0.621. The van der Waals surface area contributed by atoms with Gasteiger partial charge in [0, 0.05) is 6.20 Å². The van der Waals surface area contributed by atoms with Crippen LogP contribution in [0, 0.1) is 0 Å². The number of pyridine rings is 1. The fourth-order valence-electron chi connectivity index (χ4n) is 1.06. The Kier molecular flexibility index (Phi) is 1.65. The van der Waals surface area contributed by atoms with E-state index in [1.165, 1.54) is 6.20 Å². The van der Waals surface area contributed by atoms with Gasteiger partial charge in [0.2, 0.25) is 5.91 Å². The van der Waals surface area contributed by atoms with Crippen molar-refractivity contribution in [1.29, 1.82) is 0 Å². The molecule has 2 heterocycles. The second-order valence-electron chi connectivity index (χ2n) is 2.41. The van der Waals surface area contributed by atoms with E-state index in [1.54, 1.807) is 12.3 Å². The summed E-state index contributed by atoms with van der Waals surface area (Å²) in [5.41, 5.74) is 0.562. The lowest BCUT2D eigenvalue weighted by atomic mass is 10.4. The van der Waals surface area contributed by atoms with E-state index >= 15 is 0 Å². The molecule has 1 aromatic heterocycles. The first-order chi connectivity index (χ1) is 5.77. The summed E-state index contributed by atoms with van der Waals surface area (Å²) in [6.07, 6.45) is 3.07. The van der Waals surface area contributed by atoms with Crippen molar-refractivity contribution in [2.45, 2.75) is 4.90 Å². The Bertz CT molecular complexity index is 364. The molecule has 0 bridgehead atoms. The van der Waals surface area contributed by atoms with Crippen molar-refractivity contribution >= 4 is 22.4 Å². The summed E-state index contributed by atoms with van der Waals surface area (Å²) in [5.74, 6) is -0.161. The van der Waals surface area contributed by atoms with Crippen LogP contribution in [0.1, 0.15) is 0 Å². The van der Waals surface area contributed by atoms with Gasteiger partial charge in [-0.3, -0.25) is 14.0 Å². The van der Waals surface area contributed by atoms with E-state index in [-0.39, 0.29) is 11.7 Å². The first kappa shape index (κ1) is 7.42. The molecule has 4 nitrogen and oxygen atoms in total. The number of rotatable bonds is 0. The molecule has 1 unspecified atom stereocenters. The molecule has 1 aromatic rings. The average molecular weight is 182 g/mol.